The first kappa shape index (κ1) is 19.1. The second-order valence-electron chi connectivity index (χ2n) is 5.94. The summed E-state index contributed by atoms with van der Waals surface area (Å²) in [7, 11) is 1.62. The average Bonchev–Trinajstić information content (AvgIpc) is 2.55. The maximum Gasteiger partial charge on any atom is 0.244 e. The molecule has 0 bridgehead atoms. The Morgan fingerprint density at radius 2 is 2.04 bits per heavy atom. The lowest BCUT2D eigenvalue weighted by Crippen LogP contribution is -2.25. The van der Waals surface area contributed by atoms with Gasteiger partial charge in [-0.25, -0.2) is 0 Å². The van der Waals surface area contributed by atoms with E-state index in [4.69, 9.17) is 9.47 Å². The summed E-state index contributed by atoms with van der Waals surface area (Å²) < 4.78 is 11.1. The quantitative estimate of drug-likeness (QED) is 0.523. The minimum Gasteiger partial charge on any atom is -0.493 e. The summed E-state index contributed by atoms with van der Waals surface area (Å²) in [6.45, 7) is 7.66. The van der Waals surface area contributed by atoms with E-state index in [1.54, 1.807) is 19.3 Å². The van der Waals surface area contributed by atoms with Crippen molar-refractivity contribution in [3.8, 4) is 11.5 Å². The lowest BCUT2D eigenvalue weighted by atomic mass is 10.2. The molecule has 1 rings (SSSR count). The molecule has 1 N–H and O–H groups in total. The molecule has 0 aliphatic heterocycles. The third kappa shape index (κ3) is 7.73. The zero-order valence-corrected chi connectivity index (χ0v) is 14.7. The molecule has 0 atom stereocenters. The highest BCUT2D eigenvalue weighted by atomic mass is 16.5. The van der Waals surface area contributed by atoms with Crippen LogP contribution < -0.4 is 14.8 Å². The van der Waals surface area contributed by atoms with Crippen molar-refractivity contribution in [2.24, 2.45) is 5.92 Å². The maximum atomic E-state index is 11.7. The fourth-order valence-corrected chi connectivity index (χ4v) is 1.98. The topological polar surface area (TPSA) is 47.6 Å². The number of amides is 1. The lowest BCUT2D eigenvalue weighted by molar-refractivity contribution is -0.116. The third-order valence-corrected chi connectivity index (χ3v) is 3.30. The van der Waals surface area contributed by atoms with Crippen molar-refractivity contribution in [3.63, 3.8) is 0 Å². The standard InChI is InChI=1S/C19H29NO3/c1-5-6-7-12-23-17-10-8-16(13-18(17)22-4)9-11-19(21)20-14-15(2)3/h8-11,13,15H,5-7,12,14H2,1-4H3,(H,20,21)/b11-9+. The van der Waals surface area contributed by atoms with Crippen LogP contribution in [0.5, 0.6) is 11.5 Å². The predicted octanol–water partition coefficient (Wildman–Crippen LogP) is 4.05. The zero-order valence-electron chi connectivity index (χ0n) is 14.7. The molecule has 1 amide bonds. The zero-order chi connectivity index (χ0) is 17.1. The van der Waals surface area contributed by atoms with Gasteiger partial charge in [-0.05, 0) is 36.1 Å². The van der Waals surface area contributed by atoms with E-state index >= 15 is 0 Å². The van der Waals surface area contributed by atoms with Crippen molar-refractivity contribution in [2.75, 3.05) is 20.3 Å². The van der Waals surface area contributed by atoms with Crippen molar-refractivity contribution in [1.29, 1.82) is 0 Å². The molecule has 128 valence electrons. The molecule has 4 nitrogen and oxygen atoms in total. The van der Waals surface area contributed by atoms with Crippen LogP contribution in [0, 0.1) is 5.92 Å². The monoisotopic (exact) mass is 319 g/mol. The third-order valence-electron chi connectivity index (χ3n) is 3.30. The number of benzene rings is 1. The number of ether oxygens (including phenoxy) is 2. The number of hydrogen-bond acceptors (Lipinski definition) is 3. The minimum absolute atomic E-state index is 0.0856. The molecule has 0 saturated heterocycles. The number of carbonyl (C=O) groups is 1. The van der Waals surface area contributed by atoms with Gasteiger partial charge >= 0.3 is 0 Å². The van der Waals surface area contributed by atoms with Crippen LogP contribution in [0.25, 0.3) is 6.08 Å². The molecule has 0 radical (unpaired) electrons. The summed E-state index contributed by atoms with van der Waals surface area (Å²) >= 11 is 0. The van der Waals surface area contributed by atoms with Crippen molar-refractivity contribution >= 4 is 12.0 Å². The Morgan fingerprint density at radius 3 is 2.70 bits per heavy atom. The van der Waals surface area contributed by atoms with Gasteiger partial charge in [-0.1, -0.05) is 39.7 Å². The fraction of sp³-hybridized carbons (Fsp3) is 0.526. The van der Waals surface area contributed by atoms with Crippen molar-refractivity contribution in [2.45, 2.75) is 40.0 Å². The van der Waals surface area contributed by atoms with Crippen molar-refractivity contribution in [1.82, 2.24) is 5.32 Å². The van der Waals surface area contributed by atoms with Crippen LogP contribution >= 0.6 is 0 Å². The summed E-state index contributed by atoms with van der Waals surface area (Å²) in [6, 6.07) is 5.68. The summed E-state index contributed by atoms with van der Waals surface area (Å²) in [5, 5.41) is 2.85. The average molecular weight is 319 g/mol. The van der Waals surface area contributed by atoms with E-state index in [9.17, 15) is 4.79 Å². The summed E-state index contributed by atoms with van der Waals surface area (Å²) in [4.78, 5) is 11.7. The molecule has 1 aromatic carbocycles. The molecule has 0 aliphatic carbocycles. The Hall–Kier alpha value is -1.97. The largest absolute Gasteiger partial charge is 0.493 e. The highest BCUT2D eigenvalue weighted by Gasteiger charge is 2.05. The lowest BCUT2D eigenvalue weighted by Gasteiger charge is -2.11. The van der Waals surface area contributed by atoms with Crippen LogP contribution in [0.15, 0.2) is 24.3 Å². The number of carbonyl (C=O) groups excluding carboxylic acids is 1. The summed E-state index contributed by atoms with van der Waals surface area (Å²) in [5.74, 6) is 1.78. The Labute approximate surface area is 139 Å². The second kappa shape index (κ2) is 10.7. The van der Waals surface area contributed by atoms with Gasteiger partial charge in [-0.15, -0.1) is 0 Å². The van der Waals surface area contributed by atoms with Gasteiger partial charge in [-0.2, -0.15) is 0 Å². The molecule has 0 aliphatic rings. The number of rotatable bonds is 10. The van der Waals surface area contributed by atoms with Gasteiger partial charge in [0.25, 0.3) is 0 Å². The van der Waals surface area contributed by atoms with E-state index in [1.165, 1.54) is 6.42 Å². The molecule has 4 heteroatoms. The molecule has 23 heavy (non-hydrogen) atoms. The number of unbranched alkanes of at least 4 members (excludes halogenated alkanes) is 2. The Balaban J connectivity index is 2.62. The molecule has 0 aromatic heterocycles. The Morgan fingerprint density at radius 1 is 1.26 bits per heavy atom. The van der Waals surface area contributed by atoms with Gasteiger partial charge < -0.3 is 14.8 Å². The normalized spacial score (nSPS) is 11.0. The minimum atomic E-state index is -0.0856. The molecule has 0 unspecified atom stereocenters. The predicted molar refractivity (Wildman–Crippen MR) is 94.9 cm³/mol. The van der Waals surface area contributed by atoms with Gasteiger partial charge in [0.15, 0.2) is 11.5 Å². The molecule has 0 fully saturated rings. The molecular weight excluding hydrogens is 290 g/mol. The van der Waals surface area contributed by atoms with Gasteiger partial charge in [-0.3, -0.25) is 4.79 Å². The van der Waals surface area contributed by atoms with E-state index in [0.717, 1.165) is 24.2 Å². The van der Waals surface area contributed by atoms with E-state index in [2.05, 4.69) is 26.1 Å². The molecule has 0 spiro atoms. The van der Waals surface area contributed by atoms with E-state index in [0.29, 0.717) is 24.8 Å². The van der Waals surface area contributed by atoms with Crippen LogP contribution in [0.4, 0.5) is 0 Å². The van der Waals surface area contributed by atoms with Crippen LogP contribution in [-0.4, -0.2) is 26.2 Å². The van der Waals surface area contributed by atoms with Crippen LogP contribution in [0.3, 0.4) is 0 Å². The van der Waals surface area contributed by atoms with Gasteiger partial charge in [0.2, 0.25) is 5.91 Å². The number of methoxy groups -OCH3 is 1. The van der Waals surface area contributed by atoms with Gasteiger partial charge in [0, 0.05) is 12.6 Å². The molecule has 0 heterocycles. The second-order valence-corrected chi connectivity index (χ2v) is 5.94. The van der Waals surface area contributed by atoms with Crippen molar-refractivity contribution < 1.29 is 14.3 Å². The highest BCUT2D eigenvalue weighted by molar-refractivity contribution is 5.91. The Bertz CT molecular complexity index is 509. The first-order valence-electron chi connectivity index (χ1n) is 8.33. The van der Waals surface area contributed by atoms with E-state index in [-0.39, 0.29) is 5.91 Å². The van der Waals surface area contributed by atoms with E-state index < -0.39 is 0 Å². The van der Waals surface area contributed by atoms with Crippen LogP contribution in [-0.2, 0) is 4.79 Å². The maximum absolute atomic E-state index is 11.7. The van der Waals surface area contributed by atoms with Crippen molar-refractivity contribution in [3.05, 3.63) is 29.8 Å². The summed E-state index contributed by atoms with van der Waals surface area (Å²) in [5.41, 5.74) is 0.905. The molecule has 0 saturated carbocycles. The van der Waals surface area contributed by atoms with Crippen LogP contribution in [0.1, 0.15) is 45.6 Å². The SMILES string of the molecule is CCCCCOc1ccc(/C=C/C(=O)NCC(C)C)cc1OC. The van der Waals surface area contributed by atoms with Crippen LogP contribution in [0.2, 0.25) is 0 Å². The number of hydrogen-bond donors (Lipinski definition) is 1. The highest BCUT2D eigenvalue weighted by Crippen LogP contribution is 2.28. The summed E-state index contributed by atoms with van der Waals surface area (Å²) in [6.07, 6.45) is 6.69. The van der Waals surface area contributed by atoms with Gasteiger partial charge in [0.05, 0.1) is 13.7 Å². The smallest absolute Gasteiger partial charge is 0.244 e. The first-order valence-corrected chi connectivity index (χ1v) is 8.33. The molecular formula is C19H29NO3. The Kier molecular flexibility index (Phi) is 8.88. The number of nitrogens with one attached hydrogen (secondary N) is 1. The first-order chi connectivity index (χ1) is 11.1. The van der Waals surface area contributed by atoms with Gasteiger partial charge in [0.1, 0.15) is 0 Å². The molecule has 1 aromatic rings. The fourth-order valence-electron chi connectivity index (χ4n) is 1.98. The van der Waals surface area contributed by atoms with E-state index in [1.807, 2.05) is 18.2 Å².